The molecule has 4 atom stereocenters. The molecule has 0 bridgehead atoms. The van der Waals surface area contributed by atoms with Gasteiger partial charge in [0.2, 0.25) is 5.91 Å². The smallest absolute Gasteiger partial charge is 0.347 e. The molecule has 0 unspecified atom stereocenters. The second-order valence-corrected chi connectivity index (χ2v) is 9.76. The molecule has 5 nitrogen and oxygen atoms in total. The van der Waals surface area contributed by atoms with Crippen molar-refractivity contribution < 1.29 is 31.5 Å². The fraction of sp³-hybridized carbons (Fsp3) is 0.480. The minimum absolute atomic E-state index is 0.0970. The molecule has 2 amide bonds. The number of hydrogen-bond acceptors (Lipinski definition) is 3. The molecule has 2 aliphatic carbocycles. The fourth-order valence-electron chi connectivity index (χ4n) is 5.28. The van der Waals surface area contributed by atoms with Gasteiger partial charge in [-0.25, -0.2) is 8.78 Å². The van der Waals surface area contributed by atoms with Gasteiger partial charge >= 0.3 is 6.18 Å². The summed E-state index contributed by atoms with van der Waals surface area (Å²) < 4.78 is 68.0. The van der Waals surface area contributed by atoms with E-state index < -0.39 is 41.4 Å². The highest BCUT2D eigenvalue weighted by molar-refractivity contribution is 5.97. The number of halogens is 5. The molecule has 2 aromatic rings. The number of aromatic nitrogens is 1. The van der Waals surface area contributed by atoms with E-state index in [9.17, 15) is 31.5 Å². The second-order valence-electron chi connectivity index (χ2n) is 9.76. The first-order valence-corrected chi connectivity index (χ1v) is 11.7. The summed E-state index contributed by atoms with van der Waals surface area (Å²) in [6.45, 7) is 1.83. The summed E-state index contributed by atoms with van der Waals surface area (Å²) in [5.74, 6) is -3.74. The van der Waals surface area contributed by atoms with E-state index in [1.54, 1.807) is 17.0 Å². The van der Waals surface area contributed by atoms with Crippen LogP contribution >= 0.6 is 0 Å². The summed E-state index contributed by atoms with van der Waals surface area (Å²) in [5, 5.41) is 2.74. The number of aryl methyl sites for hydroxylation is 1. The summed E-state index contributed by atoms with van der Waals surface area (Å²) in [5.41, 5.74) is -0.924. The maximum absolute atomic E-state index is 14.7. The minimum atomic E-state index is -5.03. The molecule has 10 heteroatoms. The first-order valence-electron chi connectivity index (χ1n) is 11.7. The molecule has 2 heterocycles. The van der Waals surface area contributed by atoms with Crippen molar-refractivity contribution in [2.24, 2.45) is 11.8 Å². The fourth-order valence-corrected chi connectivity index (χ4v) is 5.28. The molecule has 1 N–H and O–H groups in total. The predicted molar refractivity (Wildman–Crippen MR) is 115 cm³/mol. The second kappa shape index (κ2) is 8.57. The van der Waals surface area contributed by atoms with Gasteiger partial charge in [0, 0.05) is 17.8 Å². The van der Waals surface area contributed by atoms with Crippen LogP contribution in [0.1, 0.15) is 65.3 Å². The van der Waals surface area contributed by atoms with Crippen LogP contribution in [0.3, 0.4) is 0 Å². The van der Waals surface area contributed by atoms with Gasteiger partial charge in [-0.3, -0.25) is 14.6 Å². The van der Waals surface area contributed by atoms with E-state index in [0.29, 0.717) is 25.3 Å². The summed E-state index contributed by atoms with van der Waals surface area (Å²) in [7, 11) is 0. The average Bonchev–Trinajstić information content (AvgIpc) is 3.57. The Labute approximate surface area is 198 Å². The summed E-state index contributed by atoms with van der Waals surface area (Å²) in [6.07, 6.45) is -0.180. The zero-order chi connectivity index (χ0) is 25.1. The minimum Gasteiger partial charge on any atom is -0.347 e. The van der Waals surface area contributed by atoms with E-state index in [-0.39, 0.29) is 41.1 Å². The normalized spacial score (nSPS) is 24.5. The molecule has 1 aliphatic heterocycles. The van der Waals surface area contributed by atoms with Crippen molar-refractivity contribution >= 4 is 11.8 Å². The number of carbonyl (C=O) groups is 2. The van der Waals surface area contributed by atoms with Crippen molar-refractivity contribution in [1.29, 1.82) is 0 Å². The Hall–Kier alpha value is -3.04. The highest BCUT2D eigenvalue weighted by Gasteiger charge is 2.52. The maximum atomic E-state index is 14.7. The Morgan fingerprint density at radius 3 is 2.43 bits per heavy atom. The molecule has 3 aliphatic rings. The maximum Gasteiger partial charge on any atom is 0.419 e. The van der Waals surface area contributed by atoms with E-state index in [2.05, 4.69) is 10.3 Å². The number of amides is 2. The van der Waals surface area contributed by atoms with Gasteiger partial charge in [-0.2, -0.15) is 13.2 Å². The molecule has 35 heavy (non-hydrogen) atoms. The van der Waals surface area contributed by atoms with Gasteiger partial charge in [-0.1, -0.05) is 0 Å². The highest BCUT2D eigenvalue weighted by Crippen LogP contribution is 2.46. The Bertz CT molecular complexity index is 1180. The molecule has 1 saturated heterocycles. The van der Waals surface area contributed by atoms with Crippen LogP contribution in [0.4, 0.5) is 22.0 Å². The average molecular weight is 493 g/mol. The van der Waals surface area contributed by atoms with Crippen LogP contribution in [-0.4, -0.2) is 33.8 Å². The lowest BCUT2D eigenvalue weighted by Gasteiger charge is -2.37. The van der Waals surface area contributed by atoms with Gasteiger partial charge in [-0.15, -0.1) is 0 Å². The Balaban J connectivity index is 1.41. The van der Waals surface area contributed by atoms with E-state index in [4.69, 9.17) is 0 Å². The largest absolute Gasteiger partial charge is 0.419 e. The molecule has 0 spiro atoms. The predicted octanol–water partition coefficient (Wildman–Crippen LogP) is 4.95. The number of carbonyl (C=O) groups excluding carboxylic acids is 2. The standard InChI is InChI=1S/C25H24F5N3O2/c1-12-6-7-31-19(8-12)24(35)33-20-5-4-14(20)9-21(33)23(34)32-22(13-2-3-13)15-10-18(27)16(11-17(15)26)25(28,29)30/h6-8,10-11,13-14,20-22H,2-5,9H2,1H3,(H,32,34)/t14-,20-,21-,22-/m1/s1. The molecule has 3 fully saturated rings. The number of rotatable bonds is 5. The van der Waals surface area contributed by atoms with Crippen molar-refractivity contribution in [3.05, 3.63) is 64.5 Å². The third-order valence-corrected chi connectivity index (χ3v) is 7.39. The van der Waals surface area contributed by atoms with Crippen LogP contribution < -0.4 is 5.32 Å². The third kappa shape index (κ3) is 4.38. The number of likely N-dealkylation sites (tertiary alicyclic amines) is 1. The van der Waals surface area contributed by atoms with Crippen molar-refractivity contribution in [2.45, 2.75) is 63.3 Å². The van der Waals surface area contributed by atoms with Gasteiger partial charge in [0.15, 0.2) is 0 Å². The number of pyridine rings is 1. The SMILES string of the molecule is Cc1ccnc(C(=O)N2[C@@H](C(=O)N[C@@H](c3cc(F)c(C(F)(F)F)cc3F)C3CC3)C[C@H]3CC[C@H]32)c1. The van der Waals surface area contributed by atoms with Crippen LogP contribution in [0, 0.1) is 30.4 Å². The van der Waals surface area contributed by atoms with Gasteiger partial charge < -0.3 is 10.2 Å². The summed E-state index contributed by atoms with van der Waals surface area (Å²) in [6, 6.07) is 2.18. The van der Waals surface area contributed by atoms with E-state index in [1.807, 2.05) is 6.92 Å². The van der Waals surface area contributed by atoms with Crippen LogP contribution in [0.2, 0.25) is 0 Å². The lowest BCUT2D eigenvalue weighted by molar-refractivity contribution is -0.140. The monoisotopic (exact) mass is 493 g/mol. The van der Waals surface area contributed by atoms with E-state index in [0.717, 1.165) is 18.4 Å². The number of nitrogens with zero attached hydrogens (tertiary/aromatic N) is 2. The Morgan fingerprint density at radius 1 is 1.09 bits per heavy atom. The molecular weight excluding hydrogens is 469 g/mol. The Kier molecular flexibility index (Phi) is 5.80. The van der Waals surface area contributed by atoms with Crippen LogP contribution in [0.25, 0.3) is 0 Å². The highest BCUT2D eigenvalue weighted by atomic mass is 19.4. The lowest BCUT2D eigenvalue weighted by Crippen LogP contribution is -2.51. The molecule has 1 aromatic heterocycles. The topological polar surface area (TPSA) is 62.3 Å². The molecule has 0 radical (unpaired) electrons. The first-order chi connectivity index (χ1) is 16.5. The van der Waals surface area contributed by atoms with Crippen LogP contribution in [-0.2, 0) is 11.0 Å². The zero-order valence-electron chi connectivity index (χ0n) is 18.9. The van der Waals surface area contributed by atoms with E-state index in [1.165, 1.54) is 6.20 Å². The quantitative estimate of drug-likeness (QED) is 0.600. The van der Waals surface area contributed by atoms with Crippen molar-refractivity contribution in [3.63, 3.8) is 0 Å². The van der Waals surface area contributed by atoms with Crippen molar-refractivity contribution in [1.82, 2.24) is 15.2 Å². The van der Waals surface area contributed by atoms with Crippen LogP contribution in [0.5, 0.6) is 0 Å². The number of hydrogen-bond donors (Lipinski definition) is 1. The van der Waals surface area contributed by atoms with Gasteiger partial charge in [0.1, 0.15) is 23.4 Å². The Morgan fingerprint density at radius 2 is 1.83 bits per heavy atom. The number of fused-ring (bicyclic) bond motifs is 1. The number of alkyl halides is 3. The van der Waals surface area contributed by atoms with Gasteiger partial charge in [0.25, 0.3) is 5.91 Å². The molecular formula is C25H24F5N3O2. The van der Waals surface area contributed by atoms with Gasteiger partial charge in [-0.05, 0) is 80.7 Å². The van der Waals surface area contributed by atoms with Crippen molar-refractivity contribution in [2.75, 3.05) is 0 Å². The number of nitrogens with one attached hydrogen (secondary N) is 1. The lowest BCUT2D eigenvalue weighted by atomic mass is 9.80. The third-order valence-electron chi connectivity index (χ3n) is 7.39. The van der Waals surface area contributed by atoms with Crippen LogP contribution in [0.15, 0.2) is 30.5 Å². The molecule has 1 aromatic carbocycles. The molecule has 186 valence electrons. The molecule has 5 rings (SSSR count). The summed E-state index contributed by atoms with van der Waals surface area (Å²) in [4.78, 5) is 32.4. The zero-order valence-corrected chi connectivity index (χ0v) is 18.9. The van der Waals surface area contributed by atoms with Gasteiger partial charge in [0.05, 0.1) is 11.6 Å². The summed E-state index contributed by atoms with van der Waals surface area (Å²) >= 11 is 0. The number of benzene rings is 1. The van der Waals surface area contributed by atoms with Crippen molar-refractivity contribution in [3.8, 4) is 0 Å². The molecule has 2 saturated carbocycles. The van der Waals surface area contributed by atoms with E-state index >= 15 is 0 Å². The first kappa shape index (κ1) is 23.7.